The van der Waals surface area contributed by atoms with Gasteiger partial charge in [-0.3, -0.25) is 4.40 Å². The van der Waals surface area contributed by atoms with Crippen molar-refractivity contribution in [2.45, 2.75) is 0 Å². The summed E-state index contributed by atoms with van der Waals surface area (Å²) in [6.07, 6.45) is 1.46. The van der Waals surface area contributed by atoms with E-state index >= 15 is 0 Å². The lowest BCUT2D eigenvalue weighted by molar-refractivity contribution is 0.369. The predicted octanol–water partition coefficient (Wildman–Crippen LogP) is 2.69. The van der Waals surface area contributed by atoms with E-state index in [-0.39, 0.29) is 17.0 Å². The highest BCUT2D eigenvalue weighted by molar-refractivity contribution is 5.63. The molecule has 0 saturated carbocycles. The first kappa shape index (κ1) is 13.3. The summed E-state index contributed by atoms with van der Waals surface area (Å²) in [7, 11) is 2.93. The smallest absolute Gasteiger partial charge is 0.240 e. The lowest BCUT2D eigenvalue weighted by Gasteiger charge is -2.04. The molecule has 0 saturated heterocycles. The number of aromatic nitrogens is 3. The summed E-state index contributed by atoms with van der Waals surface area (Å²) in [5.74, 6) is -0.463. The summed E-state index contributed by atoms with van der Waals surface area (Å²) < 4.78 is 39.4. The van der Waals surface area contributed by atoms with Crippen LogP contribution in [0.4, 0.5) is 8.78 Å². The first-order valence-corrected chi connectivity index (χ1v) is 6.06. The third-order valence-corrected chi connectivity index (χ3v) is 3.02. The monoisotopic (exact) mass is 291 g/mol. The van der Waals surface area contributed by atoms with Crippen molar-refractivity contribution in [2.24, 2.45) is 0 Å². The van der Waals surface area contributed by atoms with Crippen molar-refractivity contribution in [1.29, 1.82) is 0 Å². The molecular weight excluding hydrogens is 280 g/mol. The number of imidazole rings is 1. The van der Waals surface area contributed by atoms with Crippen LogP contribution in [0.2, 0.25) is 0 Å². The topological polar surface area (TPSA) is 48.7 Å². The van der Waals surface area contributed by atoms with E-state index in [1.54, 1.807) is 6.07 Å². The van der Waals surface area contributed by atoms with Crippen LogP contribution in [0.1, 0.15) is 0 Å². The van der Waals surface area contributed by atoms with E-state index in [2.05, 4.69) is 9.97 Å². The summed E-state index contributed by atoms with van der Waals surface area (Å²) in [5.41, 5.74) is -0.0753. The highest BCUT2D eigenvalue weighted by Gasteiger charge is 2.17. The van der Waals surface area contributed by atoms with Gasteiger partial charge in [-0.15, -0.1) is 0 Å². The normalized spacial score (nSPS) is 10.9. The third-order valence-electron chi connectivity index (χ3n) is 3.02. The van der Waals surface area contributed by atoms with Crippen LogP contribution < -0.4 is 9.47 Å². The average molecular weight is 291 g/mol. The molecule has 0 aliphatic carbocycles. The van der Waals surface area contributed by atoms with E-state index in [9.17, 15) is 8.78 Å². The van der Waals surface area contributed by atoms with Gasteiger partial charge in [0.25, 0.3) is 0 Å². The van der Waals surface area contributed by atoms with Gasteiger partial charge in [0.15, 0.2) is 0 Å². The van der Waals surface area contributed by atoms with Crippen LogP contribution in [0.25, 0.3) is 17.0 Å². The fraction of sp³-hybridized carbons (Fsp3) is 0.143. The Balaban J connectivity index is 2.26. The maximum Gasteiger partial charge on any atom is 0.240 e. The molecule has 7 heteroatoms. The van der Waals surface area contributed by atoms with Crippen LogP contribution in [0, 0.1) is 11.6 Å². The molecule has 2 heterocycles. The second-order valence-corrected chi connectivity index (χ2v) is 4.23. The number of benzene rings is 1. The molecule has 1 aromatic carbocycles. The molecule has 0 spiro atoms. The standard InChI is InChI=1S/C14H11F2N3O2/c1-20-11-6-12(21-2)19-7-10(17-14(19)18-11)13-8(15)4-3-5-9(13)16/h3-7H,1-2H3. The van der Waals surface area contributed by atoms with E-state index in [0.29, 0.717) is 11.8 Å². The fourth-order valence-electron chi connectivity index (χ4n) is 2.04. The van der Waals surface area contributed by atoms with Crippen LogP contribution in [0.5, 0.6) is 11.8 Å². The molecule has 2 aromatic heterocycles. The number of hydrogen-bond acceptors (Lipinski definition) is 4. The van der Waals surface area contributed by atoms with Crippen LogP contribution in [0.3, 0.4) is 0 Å². The average Bonchev–Trinajstić information content (AvgIpc) is 2.89. The molecule has 0 amide bonds. The van der Waals surface area contributed by atoms with Gasteiger partial charge in [-0.05, 0) is 12.1 Å². The molecule has 0 atom stereocenters. The van der Waals surface area contributed by atoms with Crippen molar-refractivity contribution in [3.63, 3.8) is 0 Å². The maximum absolute atomic E-state index is 13.8. The van der Waals surface area contributed by atoms with Gasteiger partial charge in [-0.25, -0.2) is 13.8 Å². The molecule has 3 aromatic rings. The number of methoxy groups -OCH3 is 2. The van der Waals surface area contributed by atoms with Crippen LogP contribution >= 0.6 is 0 Å². The SMILES string of the molecule is COc1cc(OC)n2cc(-c3c(F)cccc3F)nc2n1. The van der Waals surface area contributed by atoms with E-state index in [1.165, 1.54) is 43.0 Å². The maximum atomic E-state index is 13.8. The van der Waals surface area contributed by atoms with Gasteiger partial charge in [0, 0.05) is 6.20 Å². The number of hydrogen-bond donors (Lipinski definition) is 0. The van der Waals surface area contributed by atoms with Crippen molar-refractivity contribution in [3.8, 4) is 23.0 Å². The Morgan fingerprint density at radius 1 is 1.05 bits per heavy atom. The second-order valence-electron chi connectivity index (χ2n) is 4.23. The van der Waals surface area contributed by atoms with Crippen LogP contribution in [-0.2, 0) is 0 Å². The first-order chi connectivity index (χ1) is 10.1. The lowest BCUT2D eigenvalue weighted by Crippen LogP contribution is -1.97. The molecule has 0 radical (unpaired) electrons. The summed E-state index contributed by atoms with van der Waals surface area (Å²) >= 11 is 0. The first-order valence-electron chi connectivity index (χ1n) is 6.06. The molecule has 0 bridgehead atoms. The van der Waals surface area contributed by atoms with Crippen molar-refractivity contribution >= 4 is 5.78 Å². The van der Waals surface area contributed by atoms with Crippen LogP contribution in [-0.4, -0.2) is 28.6 Å². The molecule has 0 aliphatic rings. The Kier molecular flexibility index (Phi) is 3.17. The number of halogens is 2. The van der Waals surface area contributed by atoms with Gasteiger partial charge in [0.2, 0.25) is 17.5 Å². The Hall–Kier alpha value is -2.70. The van der Waals surface area contributed by atoms with Crippen molar-refractivity contribution in [2.75, 3.05) is 14.2 Å². The fourth-order valence-corrected chi connectivity index (χ4v) is 2.04. The second kappa shape index (κ2) is 5.01. The summed E-state index contributed by atoms with van der Waals surface area (Å²) in [4.78, 5) is 8.25. The minimum atomic E-state index is -0.690. The number of rotatable bonds is 3. The van der Waals surface area contributed by atoms with Gasteiger partial charge >= 0.3 is 0 Å². The highest BCUT2D eigenvalue weighted by atomic mass is 19.1. The Bertz CT molecular complexity index is 797. The summed E-state index contributed by atoms with van der Waals surface area (Å²) in [6.45, 7) is 0. The van der Waals surface area contributed by atoms with Gasteiger partial charge in [0.1, 0.15) is 11.6 Å². The summed E-state index contributed by atoms with van der Waals surface area (Å²) in [6, 6.07) is 5.20. The Labute approximate surface area is 118 Å². The van der Waals surface area contributed by atoms with E-state index < -0.39 is 11.6 Å². The summed E-state index contributed by atoms with van der Waals surface area (Å²) in [5, 5.41) is 0. The number of nitrogens with zero attached hydrogens (tertiary/aromatic N) is 3. The number of fused-ring (bicyclic) bond motifs is 1. The zero-order chi connectivity index (χ0) is 15.0. The Morgan fingerprint density at radius 3 is 2.38 bits per heavy atom. The van der Waals surface area contributed by atoms with Gasteiger partial charge < -0.3 is 9.47 Å². The molecule has 0 fully saturated rings. The van der Waals surface area contributed by atoms with Crippen molar-refractivity contribution in [3.05, 3.63) is 42.1 Å². The zero-order valence-electron chi connectivity index (χ0n) is 11.3. The van der Waals surface area contributed by atoms with Gasteiger partial charge in [-0.1, -0.05) is 6.07 Å². The van der Waals surface area contributed by atoms with E-state index in [0.717, 1.165) is 0 Å². The molecule has 21 heavy (non-hydrogen) atoms. The van der Waals surface area contributed by atoms with Gasteiger partial charge in [-0.2, -0.15) is 4.98 Å². The molecule has 3 rings (SSSR count). The predicted molar refractivity (Wildman–Crippen MR) is 71.4 cm³/mol. The van der Waals surface area contributed by atoms with Crippen molar-refractivity contribution in [1.82, 2.24) is 14.4 Å². The van der Waals surface area contributed by atoms with Crippen molar-refractivity contribution < 1.29 is 18.3 Å². The molecule has 0 unspecified atom stereocenters. The van der Waals surface area contributed by atoms with E-state index in [4.69, 9.17) is 9.47 Å². The highest BCUT2D eigenvalue weighted by Crippen LogP contribution is 2.28. The Morgan fingerprint density at radius 2 is 1.76 bits per heavy atom. The lowest BCUT2D eigenvalue weighted by atomic mass is 10.1. The minimum absolute atomic E-state index is 0.129. The van der Waals surface area contributed by atoms with Gasteiger partial charge in [0.05, 0.1) is 31.5 Å². The minimum Gasteiger partial charge on any atom is -0.482 e. The van der Waals surface area contributed by atoms with Crippen LogP contribution in [0.15, 0.2) is 30.5 Å². The van der Waals surface area contributed by atoms with E-state index in [1.807, 2.05) is 0 Å². The largest absolute Gasteiger partial charge is 0.482 e. The molecule has 5 nitrogen and oxygen atoms in total. The third kappa shape index (κ3) is 2.16. The zero-order valence-corrected chi connectivity index (χ0v) is 11.3. The molecular formula is C14H11F2N3O2. The molecule has 0 aliphatic heterocycles. The molecule has 0 N–H and O–H groups in total. The quantitative estimate of drug-likeness (QED) is 0.744. The number of ether oxygens (including phenoxy) is 2. The molecule has 108 valence electrons.